The molecule has 0 aliphatic carbocycles. The monoisotopic (exact) mass is 420 g/mol. The van der Waals surface area contributed by atoms with Gasteiger partial charge in [0.25, 0.3) is 0 Å². The minimum Gasteiger partial charge on any atom is -0.381 e. The summed E-state index contributed by atoms with van der Waals surface area (Å²) in [6, 6.07) is 15.1. The van der Waals surface area contributed by atoms with Crippen LogP contribution in [0.3, 0.4) is 0 Å². The number of nitrogens with zero attached hydrogens (tertiary/aromatic N) is 1. The molecule has 3 rings (SSSR count). The van der Waals surface area contributed by atoms with Gasteiger partial charge in [-0.15, -0.1) is 0 Å². The predicted molar refractivity (Wildman–Crippen MR) is 110 cm³/mol. The molecule has 1 heterocycles. The van der Waals surface area contributed by atoms with Gasteiger partial charge in [-0.25, -0.2) is 12.8 Å². The molecule has 0 atom stereocenters. The number of benzene rings is 2. The molecular weight excluding hydrogens is 395 g/mol. The Bertz CT molecular complexity index is 944. The van der Waals surface area contributed by atoms with Crippen LogP contribution >= 0.6 is 0 Å². The highest BCUT2D eigenvalue weighted by molar-refractivity contribution is 7.92. The summed E-state index contributed by atoms with van der Waals surface area (Å²) >= 11 is 0. The minimum atomic E-state index is -3.75. The van der Waals surface area contributed by atoms with Crippen LogP contribution in [0.25, 0.3) is 0 Å². The van der Waals surface area contributed by atoms with E-state index in [0.717, 1.165) is 35.0 Å². The van der Waals surface area contributed by atoms with Crippen molar-refractivity contribution in [1.82, 2.24) is 5.32 Å². The number of hydrogen-bond donors (Lipinski definition) is 1. The molecule has 1 fully saturated rings. The molecule has 8 heteroatoms. The standard InChI is InChI=1S/C21H25FN2O4S/c1-29(26,27)24(19-9-5-8-18(22)14-19)15-20(25)23-16-21(10-12-28-13-11-21)17-6-3-2-4-7-17/h2-9,14H,10-13,15-16H2,1H3,(H,23,25). The van der Waals surface area contributed by atoms with Crippen LogP contribution < -0.4 is 9.62 Å². The fourth-order valence-electron chi connectivity index (χ4n) is 3.61. The van der Waals surface area contributed by atoms with Crippen molar-refractivity contribution in [1.29, 1.82) is 0 Å². The Labute approximate surface area is 170 Å². The average Bonchev–Trinajstić information content (AvgIpc) is 2.71. The number of anilines is 1. The van der Waals surface area contributed by atoms with Gasteiger partial charge < -0.3 is 10.1 Å². The van der Waals surface area contributed by atoms with Crippen LogP contribution in [0.2, 0.25) is 0 Å². The molecule has 2 aromatic carbocycles. The van der Waals surface area contributed by atoms with Crippen molar-refractivity contribution < 1.29 is 22.3 Å². The molecule has 0 spiro atoms. The first-order chi connectivity index (χ1) is 13.8. The van der Waals surface area contributed by atoms with E-state index in [1.807, 2.05) is 30.3 Å². The Balaban J connectivity index is 1.74. The molecule has 0 bridgehead atoms. The lowest BCUT2D eigenvalue weighted by molar-refractivity contribution is -0.120. The zero-order valence-electron chi connectivity index (χ0n) is 16.3. The molecule has 0 saturated carbocycles. The molecule has 1 N–H and O–H groups in total. The van der Waals surface area contributed by atoms with Crippen LogP contribution in [0.15, 0.2) is 54.6 Å². The van der Waals surface area contributed by atoms with E-state index in [1.54, 1.807) is 0 Å². The quantitative estimate of drug-likeness (QED) is 0.747. The molecule has 0 aromatic heterocycles. The van der Waals surface area contributed by atoms with Crippen molar-refractivity contribution in [3.63, 3.8) is 0 Å². The summed E-state index contributed by atoms with van der Waals surface area (Å²) in [5, 5.41) is 2.88. The Kier molecular flexibility index (Phi) is 6.54. The average molecular weight is 421 g/mol. The van der Waals surface area contributed by atoms with Crippen LogP contribution in [0.1, 0.15) is 18.4 Å². The van der Waals surface area contributed by atoms with Crippen LogP contribution in [-0.4, -0.2) is 46.9 Å². The van der Waals surface area contributed by atoms with Gasteiger partial charge >= 0.3 is 0 Å². The lowest BCUT2D eigenvalue weighted by Gasteiger charge is -2.38. The van der Waals surface area contributed by atoms with Crippen LogP contribution in [0.5, 0.6) is 0 Å². The van der Waals surface area contributed by atoms with Gasteiger partial charge in [0.1, 0.15) is 12.4 Å². The third-order valence-electron chi connectivity index (χ3n) is 5.24. The van der Waals surface area contributed by atoms with Crippen LogP contribution in [0.4, 0.5) is 10.1 Å². The van der Waals surface area contributed by atoms with Crippen LogP contribution in [0, 0.1) is 5.82 Å². The molecule has 156 valence electrons. The summed E-state index contributed by atoms with van der Waals surface area (Å²) in [5.74, 6) is -1.01. The Morgan fingerprint density at radius 2 is 1.83 bits per heavy atom. The second kappa shape index (κ2) is 8.92. The third kappa shape index (κ3) is 5.33. The molecule has 29 heavy (non-hydrogen) atoms. The lowest BCUT2D eigenvalue weighted by Crippen LogP contribution is -2.47. The fraction of sp³-hybridized carbons (Fsp3) is 0.381. The highest BCUT2D eigenvalue weighted by atomic mass is 32.2. The number of sulfonamides is 1. The summed E-state index contributed by atoms with van der Waals surface area (Å²) in [6.07, 6.45) is 2.52. The van der Waals surface area contributed by atoms with E-state index in [2.05, 4.69) is 5.32 Å². The Hall–Kier alpha value is -2.45. The first kappa shape index (κ1) is 21.3. The maximum atomic E-state index is 13.5. The van der Waals surface area contributed by atoms with E-state index >= 15 is 0 Å². The number of ether oxygens (including phenoxy) is 1. The minimum absolute atomic E-state index is 0.117. The molecule has 2 aromatic rings. The van der Waals surface area contributed by atoms with Gasteiger partial charge in [-0.2, -0.15) is 0 Å². The summed E-state index contributed by atoms with van der Waals surface area (Å²) in [6.45, 7) is 1.16. The fourth-order valence-corrected chi connectivity index (χ4v) is 4.46. The number of rotatable bonds is 7. The number of amides is 1. The second-order valence-electron chi connectivity index (χ2n) is 7.28. The predicted octanol–water partition coefficient (Wildman–Crippen LogP) is 2.46. The van der Waals surface area contributed by atoms with E-state index in [9.17, 15) is 17.6 Å². The van der Waals surface area contributed by atoms with E-state index in [1.165, 1.54) is 18.2 Å². The number of carbonyl (C=O) groups is 1. The van der Waals surface area contributed by atoms with Gasteiger partial charge in [-0.3, -0.25) is 9.10 Å². The Morgan fingerprint density at radius 3 is 2.45 bits per heavy atom. The van der Waals surface area contributed by atoms with Crippen LogP contribution in [-0.2, 0) is 25.0 Å². The molecule has 0 radical (unpaired) electrons. The van der Waals surface area contributed by atoms with Crippen molar-refractivity contribution in [2.24, 2.45) is 0 Å². The maximum absolute atomic E-state index is 13.5. The molecule has 1 aliphatic heterocycles. The SMILES string of the molecule is CS(=O)(=O)N(CC(=O)NCC1(c2ccccc2)CCOCC1)c1cccc(F)c1. The lowest BCUT2D eigenvalue weighted by atomic mass is 9.74. The van der Waals surface area contributed by atoms with E-state index in [0.29, 0.717) is 19.8 Å². The van der Waals surface area contributed by atoms with E-state index in [4.69, 9.17) is 4.74 Å². The van der Waals surface area contributed by atoms with Crippen molar-refractivity contribution in [2.75, 3.05) is 36.9 Å². The largest absolute Gasteiger partial charge is 0.381 e. The van der Waals surface area contributed by atoms with Gasteiger partial charge in [-0.1, -0.05) is 36.4 Å². The topological polar surface area (TPSA) is 75.7 Å². The van der Waals surface area contributed by atoms with Gasteiger partial charge in [0.05, 0.1) is 11.9 Å². The Morgan fingerprint density at radius 1 is 1.14 bits per heavy atom. The molecule has 1 aliphatic rings. The van der Waals surface area contributed by atoms with Crippen molar-refractivity contribution in [3.05, 3.63) is 66.0 Å². The molecule has 1 amide bonds. The highest BCUT2D eigenvalue weighted by Crippen LogP contribution is 2.34. The summed E-state index contributed by atoms with van der Waals surface area (Å²) in [4.78, 5) is 12.6. The van der Waals surface area contributed by atoms with Gasteiger partial charge in [0.15, 0.2) is 0 Å². The second-order valence-corrected chi connectivity index (χ2v) is 9.19. The molecular formula is C21H25FN2O4S. The first-order valence-electron chi connectivity index (χ1n) is 9.43. The first-order valence-corrected chi connectivity index (χ1v) is 11.3. The molecule has 1 saturated heterocycles. The molecule has 6 nitrogen and oxygen atoms in total. The summed E-state index contributed by atoms with van der Waals surface area (Å²) in [5.41, 5.74) is 0.976. The highest BCUT2D eigenvalue weighted by Gasteiger charge is 2.35. The maximum Gasteiger partial charge on any atom is 0.240 e. The van der Waals surface area contributed by atoms with Crippen molar-refractivity contribution in [2.45, 2.75) is 18.3 Å². The van der Waals surface area contributed by atoms with Gasteiger partial charge in [0.2, 0.25) is 15.9 Å². The zero-order valence-corrected chi connectivity index (χ0v) is 17.1. The van der Waals surface area contributed by atoms with Gasteiger partial charge in [0, 0.05) is 25.2 Å². The van der Waals surface area contributed by atoms with E-state index < -0.39 is 28.3 Å². The summed E-state index contributed by atoms with van der Waals surface area (Å²) < 4.78 is 44.3. The van der Waals surface area contributed by atoms with Crippen molar-refractivity contribution >= 4 is 21.6 Å². The molecule has 0 unspecified atom stereocenters. The summed E-state index contributed by atoms with van der Waals surface area (Å²) in [7, 11) is -3.75. The third-order valence-corrected chi connectivity index (χ3v) is 6.38. The number of hydrogen-bond acceptors (Lipinski definition) is 4. The zero-order chi connectivity index (χ0) is 20.9. The number of nitrogens with one attached hydrogen (secondary N) is 1. The smallest absolute Gasteiger partial charge is 0.240 e. The van der Waals surface area contributed by atoms with Gasteiger partial charge in [-0.05, 0) is 36.6 Å². The number of halogens is 1. The normalized spacial score (nSPS) is 16.2. The number of carbonyl (C=O) groups excluding carboxylic acids is 1. The van der Waals surface area contributed by atoms with Crippen molar-refractivity contribution in [3.8, 4) is 0 Å². The van der Waals surface area contributed by atoms with E-state index in [-0.39, 0.29) is 11.1 Å².